The van der Waals surface area contributed by atoms with Gasteiger partial charge in [0, 0.05) is 25.2 Å². The minimum atomic E-state index is 0.573. The van der Waals surface area contributed by atoms with Crippen molar-refractivity contribution in [3.63, 3.8) is 0 Å². The average molecular weight is 239 g/mol. The van der Waals surface area contributed by atoms with Crippen LogP contribution in [0.15, 0.2) is 18.3 Å². The van der Waals surface area contributed by atoms with Crippen molar-refractivity contribution in [3.05, 3.63) is 23.9 Å². The summed E-state index contributed by atoms with van der Waals surface area (Å²) in [6.45, 7) is 2.28. The van der Waals surface area contributed by atoms with Crippen LogP contribution < -0.4 is 4.90 Å². The number of nitrogens with zero attached hydrogens (tertiary/aromatic N) is 2. The van der Waals surface area contributed by atoms with Crippen LogP contribution in [-0.4, -0.2) is 18.1 Å². The molecule has 1 aromatic rings. The van der Waals surface area contributed by atoms with Crippen molar-refractivity contribution in [2.24, 2.45) is 0 Å². The number of anilines is 1. The first-order valence-corrected chi connectivity index (χ1v) is 6.69. The Morgan fingerprint density at radius 1 is 1.12 bits per heavy atom. The average Bonchev–Trinajstić information content (AvgIpc) is 2.29. The van der Waals surface area contributed by atoms with Crippen LogP contribution in [0.3, 0.4) is 0 Å². The lowest BCUT2D eigenvalue weighted by atomic mass is 10.1. The van der Waals surface area contributed by atoms with Crippen LogP contribution in [0.5, 0.6) is 0 Å². The molecule has 0 unspecified atom stereocenters. The molecule has 16 heavy (non-hydrogen) atoms. The van der Waals surface area contributed by atoms with E-state index in [-0.39, 0.29) is 0 Å². The molecule has 0 bridgehead atoms. The smallest absolute Gasteiger partial charge is 0.128 e. The predicted octanol–water partition coefficient (Wildman–Crippen LogP) is 3.59. The van der Waals surface area contributed by atoms with E-state index in [1.807, 2.05) is 12.3 Å². The van der Waals surface area contributed by atoms with Gasteiger partial charge in [0.15, 0.2) is 0 Å². The van der Waals surface area contributed by atoms with E-state index in [0.29, 0.717) is 5.88 Å². The van der Waals surface area contributed by atoms with Crippen LogP contribution in [0.25, 0.3) is 0 Å². The van der Waals surface area contributed by atoms with Crippen LogP contribution in [0.4, 0.5) is 5.82 Å². The van der Waals surface area contributed by atoms with Gasteiger partial charge in [0.2, 0.25) is 0 Å². The molecule has 0 N–H and O–H groups in total. The van der Waals surface area contributed by atoms with Crippen LogP contribution in [0.2, 0.25) is 0 Å². The van der Waals surface area contributed by atoms with Gasteiger partial charge in [-0.05, 0) is 30.5 Å². The fourth-order valence-corrected chi connectivity index (χ4v) is 2.36. The molecule has 1 aliphatic heterocycles. The molecule has 2 rings (SSSR count). The van der Waals surface area contributed by atoms with Crippen molar-refractivity contribution in [2.75, 3.05) is 18.0 Å². The highest BCUT2D eigenvalue weighted by atomic mass is 35.5. The van der Waals surface area contributed by atoms with Gasteiger partial charge in [-0.15, -0.1) is 11.6 Å². The Bertz CT molecular complexity index is 319. The lowest BCUT2D eigenvalue weighted by molar-refractivity contribution is 0.554. The van der Waals surface area contributed by atoms with Gasteiger partial charge in [0.1, 0.15) is 5.82 Å². The second-order valence-electron chi connectivity index (χ2n) is 4.41. The van der Waals surface area contributed by atoms with E-state index >= 15 is 0 Å². The molecule has 0 aromatic carbocycles. The van der Waals surface area contributed by atoms with Gasteiger partial charge in [-0.25, -0.2) is 4.98 Å². The standard InChI is InChI=1S/C13H19ClN2/c14-11-12-6-7-15-13(10-12)16-8-4-2-1-3-5-9-16/h6-7,10H,1-5,8-9,11H2. The summed E-state index contributed by atoms with van der Waals surface area (Å²) in [5, 5.41) is 0. The van der Waals surface area contributed by atoms with Crippen LogP contribution in [-0.2, 0) is 5.88 Å². The summed E-state index contributed by atoms with van der Waals surface area (Å²) < 4.78 is 0. The quantitative estimate of drug-likeness (QED) is 0.732. The van der Waals surface area contributed by atoms with Gasteiger partial charge >= 0.3 is 0 Å². The van der Waals surface area contributed by atoms with Gasteiger partial charge in [0.25, 0.3) is 0 Å². The zero-order valence-corrected chi connectivity index (χ0v) is 10.4. The molecule has 1 aromatic heterocycles. The lowest BCUT2D eigenvalue weighted by Crippen LogP contribution is -2.27. The summed E-state index contributed by atoms with van der Waals surface area (Å²) in [5.74, 6) is 1.67. The molecule has 0 amide bonds. The van der Waals surface area contributed by atoms with E-state index in [2.05, 4.69) is 16.0 Å². The Hall–Kier alpha value is -0.760. The van der Waals surface area contributed by atoms with E-state index in [0.717, 1.165) is 24.5 Å². The molecular formula is C13H19ClN2. The van der Waals surface area contributed by atoms with Crippen molar-refractivity contribution in [2.45, 2.75) is 38.0 Å². The molecular weight excluding hydrogens is 220 g/mol. The van der Waals surface area contributed by atoms with Gasteiger partial charge < -0.3 is 4.90 Å². The summed E-state index contributed by atoms with van der Waals surface area (Å²) in [5.41, 5.74) is 1.16. The Kier molecular flexibility index (Phi) is 4.46. The zero-order chi connectivity index (χ0) is 11.2. The van der Waals surface area contributed by atoms with Crippen molar-refractivity contribution in [3.8, 4) is 0 Å². The molecule has 0 spiro atoms. The van der Waals surface area contributed by atoms with E-state index in [9.17, 15) is 0 Å². The number of pyridine rings is 1. The fraction of sp³-hybridized carbons (Fsp3) is 0.615. The number of halogens is 1. The lowest BCUT2D eigenvalue weighted by Gasteiger charge is -2.26. The molecule has 0 saturated carbocycles. The first-order chi connectivity index (χ1) is 7.90. The first-order valence-electron chi connectivity index (χ1n) is 6.16. The number of rotatable bonds is 2. The molecule has 0 aliphatic carbocycles. The Morgan fingerprint density at radius 2 is 1.81 bits per heavy atom. The van der Waals surface area contributed by atoms with E-state index in [1.54, 1.807) is 0 Å². The predicted molar refractivity (Wildman–Crippen MR) is 69.1 cm³/mol. The topological polar surface area (TPSA) is 16.1 Å². The molecule has 88 valence electrons. The van der Waals surface area contributed by atoms with Gasteiger partial charge in [-0.3, -0.25) is 0 Å². The maximum absolute atomic E-state index is 5.85. The highest BCUT2D eigenvalue weighted by molar-refractivity contribution is 6.17. The van der Waals surface area contributed by atoms with Crippen LogP contribution in [0, 0.1) is 0 Å². The highest BCUT2D eigenvalue weighted by Gasteiger charge is 2.10. The molecule has 3 heteroatoms. The van der Waals surface area contributed by atoms with Crippen molar-refractivity contribution >= 4 is 17.4 Å². The molecule has 1 saturated heterocycles. The second kappa shape index (κ2) is 6.09. The van der Waals surface area contributed by atoms with Crippen LogP contribution >= 0.6 is 11.6 Å². The monoisotopic (exact) mass is 238 g/mol. The highest BCUT2D eigenvalue weighted by Crippen LogP contribution is 2.18. The third-order valence-corrected chi connectivity index (χ3v) is 3.45. The molecule has 0 radical (unpaired) electrons. The van der Waals surface area contributed by atoms with Gasteiger partial charge in [-0.1, -0.05) is 19.3 Å². The maximum Gasteiger partial charge on any atom is 0.128 e. The number of hydrogen-bond donors (Lipinski definition) is 0. The maximum atomic E-state index is 5.85. The third-order valence-electron chi connectivity index (χ3n) is 3.14. The van der Waals surface area contributed by atoms with Crippen molar-refractivity contribution in [1.29, 1.82) is 0 Å². The first kappa shape index (κ1) is 11.7. The minimum Gasteiger partial charge on any atom is -0.357 e. The molecule has 2 nitrogen and oxygen atoms in total. The molecule has 1 fully saturated rings. The summed E-state index contributed by atoms with van der Waals surface area (Å²) >= 11 is 5.85. The second-order valence-corrected chi connectivity index (χ2v) is 4.68. The molecule has 2 heterocycles. The summed E-state index contributed by atoms with van der Waals surface area (Å²) in [6, 6.07) is 4.11. The van der Waals surface area contributed by atoms with Crippen molar-refractivity contribution in [1.82, 2.24) is 4.98 Å². The summed E-state index contributed by atoms with van der Waals surface area (Å²) in [6.07, 6.45) is 8.53. The Balaban J connectivity index is 2.07. The Labute approximate surface area is 103 Å². The molecule has 0 atom stereocenters. The van der Waals surface area contributed by atoms with Gasteiger partial charge in [0.05, 0.1) is 0 Å². The Morgan fingerprint density at radius 3 is 2.50 bits per heavy atom. The summed E-state index contributed by atoms with van der Waals surface area (Å²) in [7, 11) is 0. The normalized spacial score (nSPS) is 17.9. The van der Waals surface area contributed by atoms with E-state index in [1.165, 1.54) is 32.1 Å². The SMILES string of the molecule is ClCc1ccnc(N2CCCCCCC2)c1. The minimum absolute atomic E-state index is 0.573. The van der Waals surface area contributed by atoms with Crippen molar-refractivity contribution < 1.29 is 0 Å². The largest absolute Gasteiger partial charge is 0.357 e. The third kappa shape index (κ3) is 3.11. The summed E-state index contributed by atoms with van der Waals surface area (Å²) in [4.78, 5) is 6.85. The van der Waals surface area contributed by atoms with Crippen LogP contribution in [0.1, 0.15) is 37.7 Å². The van der Waals surface area contributed by atoms with Gasteiger partial charge in [-0.2, -0.15) is 0 Å². The number of hydrogen-bond acceptors (Lipinski definition) is 2. The zero-order valence-electron chi connectivity index (χ0n) is 9.66. The molecule has 1 aliphatic rings. The van der Waals surface area contributed by atoms with E-state index in [4.69, 9.17) is 11.6 Å². The number of aromatic nitrogens is 1. The van der Waals surface area contributed by atoms with E-state index < -0.39 is 0 Å². The fourth-order valence-electron chi connectivity index (χ4n) is 2.19. The number of alkyl halides is 1.